The van der Waals surface area contributed by atoms with Gasteiger partial charge in [-0.3, -0.25) is 14.3 Å². The van der Waals surface area contributed by atoms with Crippen LogP contribution < -0.4 is 11.2 Å². The second kappa shape index (κ2) is 3.11. The highest BCUT2D eigenvalue weighted by Gasteiger charge is 2.07. The lowest BCUT2D eigenvalue weighted by Crippen LogP contribution is -2.33. The third-order valence-corrected chi connectivity index (χ3v) is 1.97. The van der Waals surface area contributed by atoms with Crippen LogP contribution in [0.1, 0.15) is 0 Å². The molecule has 0 unspecified atom stereocenters. The second-order valence-corrected chi connectivity index (χ2v) is 2.85. The third-order valence-electron chi connectivity index (χ3n) is 1.97. The number of hydrogen-bond donors (Lipinski definition) is 1. The lowest BCUT2D eigenvalue weighted by Gasteiger charge is -1.96. The monoisotopic (exact) mass is 198 g/mol. The molecule has 14 heavy (non-hydrogen) atoms. The largest absolute Gasteiger partial charge is 0.412 e. The van der Waals surface area contributed by atoms with Gasteiger partial charge in [0.25, 0.3) is 5.56 Å². The normalized spacial score (nSPS) is 10.1. The van der Waals surface area contributed by atoms with Crippen LogP contribution in [0, 0.1) is 0 Å². The molecule has 2 aromatic rings. The molecule has 0 amide bonds. The van der Waals surface area contributed by atoms with E-state index in [-0.39, 0.29) is 11.0 Å². The van der Waals surface area contributed by atoms with Crippen LogP contribution >= 0.6 is 0 Å². The van der Waals surface area contributed by atoms with Crippen molar-refractivity contribution in [2.24, 2.45) is 14.1 Å². The van der Waals surface area contributed by atoms with E-state index in [1.54, 1.807) is 11.6 Å². The molecule has 3 N–H and O–H groups in total. The number of hydrogen-bond acceptors (Lipinski definition) is 3. The Balaban J connectivity index is 0.000000980. The first kappa shape index (κ1) is 10.2. The zero-order chi connectivity index (χ0) is 9.59. The molecule has 0 aliphatic carbocycles. The number of aromatic nitrogens is 4. The van der Waals surface area contributed by atoms with Gasteiger partial charge in [-0.1, -0.05) is 0 Å². The summed E-state index contributed by atoms with van der Waals surface area (Å²) in [6.45, 7) is 0. The lowest BCUT2D eigenvalue weighted by molar-refractivity contribution is 0.783. The van der Waals surface area contributed by atoms with Crippen molar-refractivity contribution in [1.82, 2.24) is 19.1 Å². The number of nitrogens with zero attached hydrogens (tertiary/aromatic N) is 3. The summed E-state index contributed by atoms with van der Waals surface area (Å²) in [4.78, 5) is 29.0. The smallest absolute Gasteiger partial charge is 0.329 e. The fourth-order valence-electron chi connectivity index (χ4n) is 1.21. The van der Waals surface area contributed by atoms with Gasteiger partial charge in [0, 0.05) is 14.1 Å². The fraction of sp³-hybridized carbons (Fsp3) is 0.286. The van der Waals surface area contributed by atoms with Gasteiger partial charge in [-0.15, -0.1) is 0 Å². The summed E-state index contributed by atoms with van der Waals surface area (Å²) < 4.78 is 2.59. The Morgan fingerprint density at radius 2 is 2.00 bits per heavy atom. The van der Waals surface area contributed by atoms with Crippen molar-refractivity contribution in [2.45, 2.75) is 0 Å². The van der Waals surface area contributed by atoms with Crippen LogP contribution in [-0.4, -0.2) is 24.6 Å². The first-order valence-corrected chi connectivity index (χ1v) is 3.71. The number of rotatable bonds is 0. The molecule has 0 aliphatic rings. The maximum Gasteiger partial charge on any atom is 0.329 e. The predicted octanol–water partition coefficient (Wildman–Crippen LogP) is -1.86. The molecule has 2 rings (SSSR count). The van der Waals surface area contributed by atoms with Crippen LogP contribution in [-0.2, 0) is 14.1 Å². The first-order valence-electron chi connectivity index (χ1n) is 3.71. The van der Waals surface area contributed by atoms with Gasteiger partial charge in [0.15, 0.2) is 11.2 Å². The quantitative estimate of drug-likeness (QED) is 0.536. The van der Waals surface area contributed by atoms with Crippen molar-refractivity contribution < 1.29 is 5.48 Å². The Bertz CT molecular complexity index is 577. The van der Waals surface area contributed by atoms with Crippen molar-refractivity contribution in [1.29, 1.82) is 0 Å². The molecule has 0 saturated carbocycles. The van der Waals surface area contributed by atoms with E-state index >= 15 is 0 Å². The third kappa shape index (κ3) is 1.14. The number of aromatic amines is 1. The average molecular weight is 198 g/mol. The van der Waals surface area contributed by atoms with Gasteiger partial charge in [-0.2, -0.15) is 0 Å². The highest BCUT2D eigenvalue weighted by molar-refractivity contribution is 5.68. The molecule has 0 bridgehead atoms. The van der Waals surface area contributed by atoms with E-state index in [9.17, 15) is 9.59 Å². The molecule has 7 nitrogen and oxygen atoms in total. The lowest BCUT2D eigenvalue weighted by atomic mass is 10.5. The van der Waals surface area contributed by atoms with Crippen molar-refractivity contribution in [3.8, 4) is 0 Å². The molecule has 0 radical (unpaired) electrons. The minimum absolute atomic E-state index is 0. The molecule has 76 valence electrons. The summed E-state index contributed by atoms with van der Waals surface area (Å²) in [7, 11) is 3.13. The molecule has 7 heteroatoms. The summed E-state index contributed by atoms with van der Waals surface area (Å²) in [6, 6.07) is 0. The van der Waals surface area contributed by atoms with Crippen LogP contribution in [0.15, 0.2) is 15.9 Å². The van der Waals surface area contributed by atoms with Gasteiger partial charge in [-0.25, -0.2) is 9.78 Å². The number of H-pyrrole nitrogens is 1. The van der Waals surface area contributed by atoms with E-state index in [0.717, 1.165) is 4.57 Å². The number of imidazole rings is 1. The Hall–Kier alpha value is -1.89. The summed E-state index contributed by atoms with van der Waals surface area (Å²) in [5.41, 5.74) is -0.0485. The molecule has 0 saturated heterocycles. The predicted molar refractivity (Wildman–Crippen MR) is 50.2 cm³/mol. The SMILES string of the molecule is Cn1c(=O)[nH]c2ncn(C)c2c1=O.O. The highest BCUT2D eigenvalue weighted by atomic mass is 16.2. The zero-order valence-electron chi connectivity index (χ0n) is 7.74. The molecule has 0 aliphatic heterocycles. The van der Waals surface area contributed by atoms with Gasteiger partial charge in [-0.05, 0) is 0 Å². The molecular weight excluding hydrogens is 188 g/mol. The molecular formula is C7H10N4O3. The van der Waals surface area contributed by atoms with E-state index in [4.69, 9.17) is 0 Å². The first-order chi connectivity index (χ1) is 6.11. The average Bonchev–Trinajstić information content (AvgIpc) is 2.43. The standard InChI is InChI=1S/C7H8N4O2.H2O/c1-10-3-8-5-4(10)6(12)11(2)7(13)9-5;/h3H,1-2H3,(H,9,13);1H2. The van der Waals surface area contributed by atoms with Gasteiger partial charge in [0.05, 0.1) is 6.33 Å². The number of nitrogens with one attached hydrogen (secondary N) is 1. The Kier molecular flexibility index (Phi) is 2.26. The summed E-state index contributed by atoms with van der Waals surface area (Å²) in [6.07, 6.45) is 1.49. The topological polar surface area (TPSA) is 104 Å². The molecule has 2 heterocycles. The van der Waals surface area contributed by atoms with Crippen molar-refractivity contribution in [2.75, 3.05) is 0 Å². The van der Waals surface area contributed by atoms with Crippen molar-refractivity contribution in [3.63, 3.8) is 0 Å². The Morgan fingerprint density at radius 3 is 2.64 bits per heavy atom. The molecule has 0 atom stereocenters. The van der Waals surface area contributed by atoms with Gasteiger partial charge in [0.1, 0.15) is 0 Å². The minimum atomic E-state index is -0.448. The summed E-state index contributed by atoms with van der Waals surface area (Å²) in [5.74, 6) is 0. The van der Waals surface area contributed by atoms with Gasteiger partial charge >= 0.3 is 5.69 Å². The maximum absolute atomic E-state index is 11.5. The zero-order valence-corrected chi connectivity index (χ0v) is 7.74. The maximum atomic E-state index is 11.5. The van der Waals surface area contributed by atoms with E-state index < -0.39 is 5.69 Å². The van der Waals surface area contributed by atoms with Crippen LogP contribution in [0.25, 0.3) is 11.2 Å². The summed E-state index contributed by atoms with van der Waals surface area (Å²) in [5, 5.41) is 0. The highest BCUT2D eigenvalue weighted by Crippen LogP contribution is 1.98. The second-order valence-electron chi connectivity index (χ2n) is 2.85. The van der Waals surface area contributed by atoms with Crippen LogP contribution in [0.5, 0.6) is 0 Å². The minimum Gasteiger partial charge on any atom is -0.412 e. The van der Waals surface area contributed by atoms with Crippen LogP contribution in [0.4, 0.5) is 0 Å². The molecule has 0 aromatic carbocycles. The van der Waals surface area contributed by atoms with E-state index in [2.05, 4.69) is 9.97 Å². The number of fused-ring (bicyclic) bond motifs is 1. The summed E-state index contributed by atoms with van der Waals surface area (Å²) >= 11 is 0. The van der Waals surface area contributed by atoms with Crippen molar-refractivity contribution >= 4 is 11.2 Å². The Labute approximate surface area is 77.9 Å². The van der Waals surface area contributed by atoms with Crippen LogP contribution in [0.3, 0.4) is 0 Å². The van der Waals surface area contributed by atoms with E-state index in [1.165, 1.54) is 13.4 Å². The molecule has 0 spiro atoms. The molecule has 2 aromatic heterocycles. The van der Waals surface area contributed by atoms with E-state index in [0.29, 0.717) is 11.2 Å². The van der Waals surface area contributed by atoms with Gasteiger partial charge in [0.2, 0.25) is 0 Å². The number of aryl methyl sites for hydroxylation is 1. The Morgan fingerprint density at radius 1 is 1.36 bits per heavy atom. The fourth-order valence-corrected chi connectivity index (χ4v) is 1.21. The van der Waals surface area contributed by atoms with Crippen LogP contribution in [0.2, 0.25) is 0 Å². The van der Waals surface area contributed by atoms with E-state index in [1.807, 2.05) is 0 Å². The van der Waals surface area contributed by atoms with Gasteiger partial charge < -0.3 is 10.0 Å². The van der Waals surface area contributed by atoms with Crippen molar-refractivity contribution in [3.05, 3.63) is 27.2 Å². The molecule has 0 fully saturated rings.